The summed E-state index contributed by atoms with van der Waals surface area (Å²) in [6.45, 7) is 0.841. The van der Waals surface area contributed by atoms with Crippen LogP contribution in [0.5, 0.6) is 0 Å². The molecule has 0 saturated carbocycles. The molecule has 1 N–H and O–H groups in total. The molecule has 3 aromatic rings. The zero-order valence-electron chi connectivity index (χ0n) is 18.5. The average Bonchev–Trinajstić information content (AvgIpc) is 3.01. The fourth-order valence-electron chi connectivity index (χ4n) is 4.01. The second-order valence-corrected chi connectivity index (χ2v) is 10.1. The third kappa shape index (κ3) is 4.35. The monoisotopic (exact) mass is 474 g/mol. The van der Waals surface area contributed by atoms with Gasteiger partial charge in [-0.3, -0.25) is 18.7 Å². The van der Waals surface area contributed by atoms with E-state index in [0.717, 1.165) is 30.3 Å². The smallest absolute Gasteiger partial charge is 0.325 e. The average molecular weight is 475 g/mol. The Bertz CT molecular complexity index is 1410. The van der Waals surface area contributed by atoms with Gasteiger partial charge in [0.25, 0.3) is 5.56 Å². The summed E-state index contributed by atoms with van der Waals surface area (Å²) >= 11 is 0. The van der Waals surface area contributed by atoms with Crippen LogP contribution in [0.1, 0.15) is 25.7 Å². The van der Waals surface area contributed by atoms with Gasteiger partial charge >= 0.3 is 5.69 Å². The van der Waals surface area contributed by atoms with E-state index < -0.39 is 27.2 Å². The molecule has 0 spiro atoms. The molecule has 11 nitrogen and oxygen atoms in total. The van der Waals surface area contributed by atoms with Crippen molar-refractivity contribution in [2.45, 2.75) is 37.1 Å². The van der Waals surface area contributed by atoms with Crippen molar-refractivity contribution in [3.8, 4) is 0 Å². The van der Waals surface area contributed by atoms with E-state index in [9.17, 15) is 22.8 Å². The molecule has 2 aromatic heterocycles. The number of carbonyl (C=O) groups excluding carboxylic acids is 1. The van der Waals surface area contributed by atoms with Gasteiger partial charge in [-0.05, 0) is 37.1 Å². The van der Waals surface area contributed by atoms with Gasteiger partial charge in [0, 0.05) is 32.9 Å². The van der Waals surface area contributed by atoms with Gasteiger partial charge in [0.1, 0.15) is 6.54 Å². The molecular weight excluding hydrogens is 448 g/mol. The highest BCUT2D eigenvalue weighted by Gasteiger charge is 2.25. The minimum absolute atomic E-state index is 0.147. The summed E-state index contributed by atoms with van der Waals surface area (Å²) in [4.78, 5) is 41.4. The third-order valence-corrected chi connectivity index (χ3v) is 7.78. The highest BCUT2D eigenvalue weighted by atomic mass is 32.2. The van der Waals surface area contributed by atoms with Crippen LogP contribution in [0, 0.1) is 0 Å². The number of amides is 1. The maximum Gasteiger partial charge on any atom is 0.332 e. The maximum absolute atomic E-state index is 12.9. The van der Waals surface area contributed by atoms with Gasteiger partial charge in [0.05, 0.1) is 11.2 Å². The Morgan fingerprint density at radius 3 is 2.27 bits per heavy atom. The first kappa shape index (κ1) is 22.9. The van der Waals surface area contributed by atoms with Gasteiger partial charge in [0.15, 0.2) is 11.2 Å². The number of nitrogens with zero attached hydrogens (tertiary/aromatic N) is 5. The first-order chi connectivity index (χ1) is 15.7. The van der Waals surface area contributed by atoms with E-state index in [4.69, 9.17) is 0 Å². The Morgan fingerprint density at radius 1 is 1.00 bits per heavy atom. The SMILES string of the molecule is Cn1c(=O)c2c(ncn2CC(=O)Nc2ccc(S(=O)(=O)N3CCCCCC3)cc2)n(C)c1=O. The molecule has 0 radical (unpaired) electrons. The van der Waals surface area contributed by atoms with Gasteiger partial charge in [-0.15, -0.1) is 0 Å². The normalized spacial score (nSPS) is 15.5. The number of carbonyl (C=O) groups is 1. The van der Waals surface area contributed by atoms with Crippen molar-refractivity contribution in [3.05, 3.63) is 51.4 Å². The van der Waals surface area contributed by atoms with Gasteiger partial charge in [0.2, 0.25) is 15.9 Å². The second kappa shape index (κ2) is 8.94. The lowest BCUT2D eigenvalue weighted by atomic mass is 10.2. The number of benzene rings is 1. The number of hydrogen-bond acceptors (Lipinski definition) is 6. The summed E-state index contributed by atoms with van der Waals surface area (Å²) in [5.74, 6) is -0.423. The van der Waals surface area contributed by atoms with Crippen LogP contribution in [0.15, 0.2) is 45.1 Å². The van der Waals surface area contributed by atoms with Crippen LogP contribution in [0.2, 0.25) is 0 Å². The van der Waals surface area contributed by atoms with Crippen molar-refractivity contribution < 1.29 is 13.2 Å². The number of fused-ring (bicyclic) bond motifs is 1. The Labute approximate surface area is 190 Å². The van der Waals surface area contributed by atoms with Gasteiger partial charge < -0.3 is 9.88 Å². The number of hydrogen-bond donors (Lipinski definition) is 1. The summed E-state index contributed by atoms with van der Waals surface area (Å²) in [5.41, 5.74) is -0.272. The van der Waals surface area contributed by atoms with Crippen molar-refractivity contribution in [1.29, 1.82) is 0 Å². The minimum atomic E-state index is -3.57. The molecule has 0 unspecified atom stereocenters. The van der Waals surface area contributed by atoms with Crippen LogP contribution < -0.4 is 16.6 Å². The zero-order chi connectivity index (χ0) is 23.8. The molecule has 1 aliphatic heterocycles. The Hall–Kier alpha value is -3.25. The highest BCUT2D eigenvalue weighted by molar-refractivity contribution is 7.89. The summed E-state index contributed by atoms with van der Waals surface area (Å²) in [6, 6.07) is 6.04. The van der Waals surface area contributed by atoms with E-state index in [-0.39, 0.29) is 22.6 Å². The van der Waals surface area contributed by atoms with Crippen LogP contribution in [0.4, 0.5) is 5.69 Å². The van der Waals surface area contributed by atoms with Crippen molar-refractivity contribution in [2.24, 2.45) is 14.1 Å². The number of imidazole rings is 1. The number of rotatable bonds is 5. The molecule has 3 heterocycles. The minimum Gasteiger partial charge on any atom is -0.325 e. The van der Waals surface area contributed by atoms with Crippen LogP contribution >= 0.6 is 0 Å². The molecule has 1 fully saturated rings. The number of sulfonamides is 1. The molecule has 0 aliphatic carbocycles. The predicted molar refractivity (Wildman–Crippen MR) is 123 cm³/mol. The van der Waals surface area contributed by atoms with Gasteiger partial charge in [-0.1, -0.05) is 12.8 Å². The highest BCUT2D eigenvalue weighted by Crippen LogP contribution is 2.22. The molecule has 1 aliphatic rings. The molecule has 1 aromatic carbocycles. The molecule has 176 valence electrons. The first-order valence-corrected chi connectivity index (χ1v) is 12.1. The largest absolute Gasteiger partial charge is 0.332 e. The van der Waals surface area contributed by atoms with E-state index in [1.807, 2.05) is 0 Å². The van der Waals surface area contributed by atoms with Gasteiger partial charge in [-0.25, -0.2) is 18.2 Å². The van der Waals surface area contributed by atoms with Crippen molar-refractivity contribution in [2.75, 3.05) is 18.4 Å². The molecule has 4 rings (SSSR count). The van der Waals surface area contributed by atoms with E-state index in [1.54, 1.807) is 0 Å². The van der Waals surface area contributed by atoms with Crippen LogP contribution in [0.25, 0.3) is 11.2 Å². The van der Waals surface area contributed by atoms with Gasteiger partial charge in [-0.2, -0.15) is 4.31 Å². The second-order valence-electron chi connectivity index (χ2n) is 8.14. The standard InChI is InChI=1S/C21H26N6O5S/c1-24-19-18(20(29)25(2)21(24)30)26(14-22-19)13-17(28)23-15-7-9-16(10-8-15)33(31,32)27-11-5-3-4-6-12-27/h7-10,14H,3-6,11-13H2,1-2H3,(H,23,28). The predicted octanol–water partition coefficient (Wildman–Crippen LogP) is 0.637. The number of aromatic nitrogens is 4. The van der Waals surface area contributed by atoms with Crippen LogP contribution in [-0.2, 0) is 35.5 Å². The Morgan fingerprint density at radius 2 is 1.64 bits per heavy atom. The molecule has 33 heavy (non-hydrogen) atoms. The molecule has 0 atom stereocenters. The maximum atomic E-state index is 12.9. The number of nitrogens with one attached hydrogen (secondary N) is 1. The quantitative estimate of drug-likeness (QED) is 0.578. The van der Waals surface area contributed by atoms with Crippen molar-refractivity contribution in [3.63, 3.8) is 0 Å². The Kier molecular flexibility index (Phi) is 6.21. The van der Waals surface area contributed by atoms with E-state index >= 15 is 0 Å². The van der Waals surface area contributed by atoms with Crippen LogP contribution in [0.3, 0.4) is 0 Å². The number of aryl methyl sites for hydroxylation is 1. The lowest BCUT2D eigenvalue weighted by Crippen LogP contribution is -2.37. The summed E-state index contributed by atoms with van der Waals surface area (Å²) in [7, 11) is -0.702. The van der Waals surface area contributed by atoms with Crippen molar-refractivity contribution >= 4 is 32.8 Å². The zero-order valence-corrected chi connectivity index (χ0v) is 19.3. The lowest BCUT2D eigenvalue weighted by Gasteiger charge is -2.20. The fourth-order valence-corrected chi connectivity index (χ4v) is 5.53. The first-order valence-electron chi connectivity index (χ1n) is 10.7. The summed E-state index contributed by atoms with van der Waals surface area (Å²) < 4.78 is 30.9. The van der Waals surface area contributed by atoms with Crippen LogP contribution in [-0.4, -0.2) is 50.4 Å². The molecule has 0 bridgehead atoms. The van der Waals surface area contributed by atoms with Crippen molar-refractivity contribution in [1.82, 2.24) is 23.0 Å². The molecule has 12 heteroatoms. The molecular formula is C21H26N6O5S. The fraction of sp³-hybridized carbons (Fsp3) is 0.429. The topological polar surface area (TPSA) is 128 Å². The lowest BCUT2D eigenvalue weighted by molar-refractivity contribution is -0.116. The summed E-state index contributed by atoms with van der Waals surface area (Å²) in [5, 5.41) is 2.70. The summed E-state index contributed by atoms with van der Waals surface area (Å²) in [6.07, 6.45) is 5.11. The Balaban J connectivity index is 1.50. The molecule has 1 saturated heterocycles. The third-order valence-electron chi connectivity index (χ3n) is 5.87. The van der Waals surface area contributed by atoms with E-state index in [0.29, 0.717) is 18.8 Å². The van der Waals surface area contributed by atoms with E-state index in [1.165, 1.54) is 58.1 Å². The van der Waals surface area contributed by atoms with E-state index in [2.05, 4.69) is 10.3 Å². The number of anilines is 1. The molecule has 1 amide bonds.